The van der Waals surface area contributed by atoms with E-state index in [9.17, 15) is 4.79 Å². The zero-order valence-corrected chi connectivity index (χ0v) is 10.6. The second-order valence-corrected chi connectivity index (χ2v) is 4.46. The van der Waals surface area contributed by atoms with Gasteiger partial charge in [-0.05, 0) is 12.1 Å². The van der Waals surface area contributed by atoms with E-state index >= 15 is 0 Å². The van der Waals surface area contributed by atoms with Crippen molar-refractivity contribution >= 4 is 16.6 Å². The molecule has 0 aliphatic rings. The summed E-state index contributed by atoms with van der Waals surface area (Å²) >= 11 is 0. The first-order valence-corrected chi connectivity index (χ1v) is 6.09. The summed E-state index contributed by atoms with van der Waals surface area (Å²) in [5.74, 6) is 0. The Hall–Kier alpha value is -2.49. The zero-order chi connectivity index (χ0) is 13.2. The number of benzene rings is 1. The molecule has 3 aromatic rings. The Morgan fingerprint density at radius 2 is 2.11 bits per heavy atom. The van der Waals surface area contributed by atoms with E-state index in [1.165, 1.54) is 0 Å². The van der Waals surface area contributed by atoms with E-state index in [2.05, 4.69) is 5.32 Å². The largest absolute Gasteiger partial charge is 0.472 e. The van der Waals surface area contributed by atoms with Gasteiger partial charge in [0.15, 0.2) is 0 Å². The van der Waals surface area contributed by atoms with Gasteiger partial charge in [0.1, 0.15) is 0 Å². The molecule has 4 nitrogen and oxygen atoms in total. The molecule has 0 amide bonds. The topological polar surface area (TPSA) is 47.2 Å². The minimum atomic E-state index is -0.0200. The molecule has 3 rings (SSSR count). The Kier molecular flexibility index (Phi) is 2.83. The van der Waals surface area contributed by atoms with E-state index < -0.39 is 0 Å². The van der Waals surface area contributed by atoms with Crippen molar-refractivity contribution in [1.29, 1.82) is 0 Å². The number of nitrogens with one attached hydrogen (secondary N) is 1. The summed E-state index contributed by atoms with van der Waals surface area (Å²) in [4.78, 5) is 11.9. The third-order valence-corrected chi connectivity index (χ3v) is 3.22. The van der Waals surface area contributed by atoms with E-state index in [0.29, 0.717) is 6.54 Å². The van der Waals surface area contributed by atoms with Crippen LogP contribution in [0.15, 0.2) is 58.1 Å². The van der Waals surface area contributed by atoms with Gasteiger partial charge in [0.05, 0.1) is 18.0 Å². The number of aromatic nitrogens is 1. The molecule has 0 bridgehead atoms. The quantitative estimate of drug-likeness (QED) is 0.781. The van der Waals surface area contributed by atoms with E-state index in [1.54, 1.807) is 30.2 Å². The van der Waals surface area contributed by atoms with Crippen molar-refractivity contribution in [3.63, 3.8) is 0 Å². The van der Waals surface area contributed by atoms with Gasteiger partial charge in [0, 0.05) is 36.3 Å². The molecule has 1 aromatic carbocycles. The number of anilines is 1. The van der Waals surface area contributed by atoms with Gasteiger partial charge >= 0.3 is 0 Å². The molecule has 0 saturated heterocycles. The summed E-state index contributed by atoms with van der Waals surface area (Å²) < 4.78 is 6.68. The van der Waals surface area contributed by atoms with Crippen LogP contribution in [0.5, 0.6) is 0 Å². The smallest absolute Gasteiger partial charge is 0.252 e. The predicted octanol–water partition coefficient (Wildman–Crippen LogP) is 2.74. The first-order chi connectivity index (χ1) is 9.25. The number of nitrogens with zero attached hydrogens (tertiary/aromatic N) is 1. The van der Waals surface area contributed by atoms with Crippen LogP contribution in [0.2, 0.25) is 0 Å². The molecule has 2 aromatic heterocycles. The number of aryl methyl sites for hydroxylation is 1. The Morgan fingerprint density at radius 1 is 1.26 bits per heavy atom. The highest BCUT2D eigenvalue weighted by Gasteiger charge is 2.05. The summed E-state index contributed by atoms with van der Waals surface area (Å²) in [6.45, 7) is 0.633. The Morgan fingerprint density at radius 3 is 2.89 bits per heavy atom. The molecule has 96 valence electrons. The van der Waals surface area contributed by atoms with Crippen LogP contribution in [-0.4, -0.2) is 4.57 Å². The lowest BCUT2D eigenvalue weighted by Gasteiger charge is -2.11. The predicted molar refractivity (Wildman–Crippen MR) is 75.2 cm³/mol. The van der Waals surface area contributed by atoms with Gasteiger partial charge in [-0.25, -0.2) is 0 Å². The van der Waals surface area contributed by atoms with Gasteiger partial charge in [0.2, 0.25) is 0 Å². The first-order valence-electron chi connectivity index (χ1n) is 6.09. The number of hydrogen-bond acceptors (Lipinski definition) is 3. The Bertz CT molecular complexity index is 757. The van der Waals surface area contributed by atoms with Crippen molar-refractivity contribution in [3.05, 3.63) is 64.8 Å². The van der Waals surface area contributed by atoms with Crippen LogP contribution in [0, 0.1) is 0 Å². The second-order valence-electron chi connectivity index (χ2n) is 4.46. The number of hydrogen-bond donors (Lipinski definition) is 1. The molecule has 19 heavy (non-hydrogen) atoms. The molecular weight excluding hydrogens is 240 g/mol. The fraction of sp³-hybridized carbons (Fsp3) is 0.133. The number of fused-ring (bicyclic) bond motifs is 1. The van der Waals surface area contributed by atoms with Crippen LogP contribution in [-0.2, 0) is 13.6 Å². The molecule has 0 atom stereocenters. The van der Waals surface area contributed by atoms with Crippen molar-refractivity contribution < 1.29 is 4.42 Å². The SMILES string of the molecule is Cn1c(=O)cc(NCc2ccoc2)c2ccccc21. The fourth-order valence-corrected chi connectivity index (χ4v) is 2.15. The molecular formula is C15H14N2O2. The van der Waals surface area contributed by atoms with Crippen molar-refractivity contribution in [2.75, 3.05) is 5.32 Å². The van der Waals surface area contributed by atoms with Gasteiger partial charge in [-0.2, -0.15) is 0 Å². The van der Waals surface area contributed by atoms with E-state index in [1.807, 2.05) is 30.3 Å². The van der Waals surface area contributed by atoms with Crippen molar-refractivity contribution in [2.24, 2.45) is 7.05 Å². The summed E-state index contributed by atoms with van der Waals surface area (Å²) in [7, 11) is 1.78. The highest BCUT2D eigenvalue weighted by Crippen LogP contribution is 2.21. The van der Waals surface area contributed by atoms with Gasteiger partial charge in [-0.15, -0.1) is 0 Å². The number of para-hydroxylation sites is 1. The third-order valence-electron chi connectivity index (χ3n) is 3.22. The second kappa shape index (κ2) is 4.65. The maximum Gasteiger partial charge on any atom is 0.252 e. The van der Waals surface area contributed by atoms with Crippen LogP contribution in [0.3, 0.4) is 0 Å². The Labute approximate surface area is 110 Å². The normalized spacial score (nSPS) is 10.8. The monoisotopic (exact) mass is 254 g/mol. The van der Waals surface area contributed by atoms with Crippen LogP contribution in [0.1, 0.15) is 5.56 Å². The minimum Gasteiger partial charge on any atom is -0.472 e. The van der Waals surface area contributed by atoms with Crippen LogP contribution < -0.4 is 10.9 Å². The average molecular weight is 254 g/mol. The third kappa shape index (κ3) is 2.12. The number of pyridine rings is 1. The molecule has 0 aliphatic heterocycles. The summed E-state index contributed by atoms with van der Waals surface area (Å²) in [5, 5.41) is 4.32. The van der Waals surface area contributed by atoms with Crippen molar-refractivity contribution in [3.8, 4) is 0 Å². The first kappa shape index (κ1) is 11.6. The molecule has 0 fully saturated rings. The van der Waals surface area contributed by atoms with Crippen molar-refractivity contribution in [2.45, 2.75) is 6.54 Å². The van der Waals surface area contributed by atoms with Gasteiger partial charge in [0.25, 0.3) is 5.56 Å². The van der Waals surface area contributed by atoms with Gasteiger partial charge < -0.3 is 14.3 Å². The number of rotatable bonds is 3. The molecule has 0 unspecified atom stereocenters. The summed E-state index contributed by atoms with van der Waals surface area (Å²) in [5.41, 5.74) is 2.79. The Balaban J connectivity index is 2.03. The molecule has 4 heteroatoms. The maximum absolute atomic E-state index is 11.9. The average Bonchev–Trinajstić information content (AvgIpc) is 2.95. The molecule has 0 saturated carbocycles. The number of furan rings is 1. The van der Waals surface area contributed by atoms with Crippen LogP contribution in [0.25, 0.3) is 10.9 Å². The fourth-order valence-electron chi connectivity index (χ4n) is 2.15. The van der Waals surface area contributed by atoms with Crippen molar-refractivity contribution in [1.82, 2.24) is 4.57 Å². The van der Waals surface area contributed by atoms with Gasteiger partial charge in [-0.1, -0.05) is 18.2 Å². The van der Waals surface area contributed by atoms with E-state index in [-0.39, 0.29) is 5.56 Å². The van der Waals surface area contributed by atoms with E-state index in [0.717, 1.165) is 22.2 Å². The molecule has 2 heterocycles. The molecule has 1 N–H and O–H groups in total. The van der Waals surface area contributed by atoms with Gasteiger partial charge in [-0.3, -0.25) is 4.79 Å². The lowest BCUT2D eigenvalue weighted by molar-refractivity contribution is 0.564. The zero-order valence-electron chi connectivity index (χ0n) is 10.6. The molecule has 0 spiro atoms. The maximum atomic E-state index is 11.9. The summed E-state index contributed by atoms with van der Waals surface area (Å²) in [6, 6.07) is 11.4. The highest BCUT2D eigenvalue weighted by molar-refractivity contribution is 5.91. The lowest BCUT2D eigenvalue weighted by Crippen LogP contribution is -2.17. The van der Waals surface area contributed by atoms with Crippen LogP contribution >= 0.6 is 0 Å². The molecule has 0 radical (unpaired) electrons. The highest BCUT2D eigenvalue weighted by atomic mass is 16.3. The molecule has 0 aliphatic carbocycles. The minimum absolute atomic E-state index is 0.0200. The van der Waals surface area contributed by atoms with E-state index in [4.69, 9.17) is 4.42 Å². The summed E-state index contributed by atoms with van der Waals surface area (Å²) in [6.07, 6.45) is 3.33. The standard InChI is InChI=1S/C15H14N2O2/c1-17-14-5-3-2-4-12(14)13(8-15(17)18)16-9-11-6-7-19-10-11/h2-8,10,16H,9H2,1H3. The lowest BCUT2D eigenvalue weighted by atomic mass is 10.1. The van der Waals surface area contributed by atoms with Crippen LogP contribution in [0.4, 0.5) is 5.69 Å².